The van der Waals surface area contributed by atoms with Crippen LogP contribution in [0.2, 0.25) is 0 Å². The highest BCUT2D eigenvalue weighted by Crippen LogP contribution is 2.38. The van der Waals surface area contributed by atoms with Crippen molar-refractivity contribution in [1.82, 2.24) is 0 Å². The van der Waals surface area contributed by atoms with E-state index in [0.29, 0.717) is 19.8 Å². The molecule has 5 rings (SSSR count). The summed E-state index contributed by atoms with van der Waals surface area (Å²) in [6.07, 6.45) is 17.6. The molecule has 0 radical (unpaired) electrons. The highest BCUT2D eigenvalue weighted by Gasteiger charge is 2.21. The number of ether oxygens (including phenoxy) is 4. The van der Waals surface area contributed by atoms with Crippen LogP contribution in [-0.4, -0.2) is 32.4 Å². The molecule has 5 heteroatoms. The lowest BCUT2D eigenvalue weighted by molar-refractivity contribution is -0.137. The van der Waals surface area contributed by atoms with Gasteiger partial charge in [0, 0.05) is 17.2 Å². The van der Waals surface area contributed by atoms with Gasteiger partial charge in [-0.25, -0.2) is 4.79 Å². The molecule has 4 aromatic rings. The molecule has 1 aliphatic carbocycles. The summed E-state index contributed by atoms with van der Waals surface area (Å²) in [6.45, 7) is 8.30. The van der Waals surface area contributed by atoms with Crippen LogP contribution in [0.3, 0.4) is 0 Å². The SMILES string of the molecule is C=CC(=O)OCCCCCCOc1ccc2cc(C#Cc3ccc(OCCCCCCOc4ccc(C5CCC(CCC)CC5)cc4)cc3)ccc2c1. The minimum atomic E-state index is -0.360. The molecule has 280 valence electrons. The first-order valence-electron chi connectivity index (χ1n) is 20.0. The lowest BCUT2D eigenvalue weighted by Crippen LogP contribution is -2.13. The molecule has 4 aromatic carbocycles. The summed E-state index contributed by atoms with van der Waals surface area (Å²) in [4.78, 5) is 11.1. The van der Waals surface area contributed by atoms with Gasteiger partial charge in [0.15, 0.2) is 0 Å². The van der Waals surface area contributed by atoms with Gasteiger partial charge in [0.2, 0.25) is 0 Å². The predicted molar refractivity (Wildman–Crippen MR) is 217 cm³/mol. The minimum absolute atomic E-state index is 0.360. The Hall–Kier alpha value is -4.69. The molecule has 1 aliphatic rings. The van der Waals surface area contributed by atoms with E-state index in [1.54, 1.807) is 0 Å². The van der Waals surface area contributed by atoms with Crippen LogP contribution in [-0.2, 0) is 9.53 Å². The maximum absolute atomic E-state index is 11.1. The van der Waals surface area contributed by atoms with Crippen LogP contribution >= 0.6 is 0 Å². The second-order valence-corrected chi connectivity index (χ2v) is 14.3. The first kappa shape index (κ1) is 39.5. The Kier molecular flexibility index (Phi) is 16.7. The number of hydrogen-bond acceptors (Lipinski definition) is 5. The third-order valence-corrected chi connectivity index (χ3v) is 10.2. The third-order valence-electron chi connectivity index (χ3n) is 10.2. The van der Waals surface area contributed by atoms with Gasteiger partial charge < -0.3 is 18.9 Å². The van der Waals surface area contributed by atoms with Crippen LogP contribution in [0.5, 0.6) is 17.2 Å². The van der Waals surface area contributed by atoms with Gasteiger partial charge in [-0.05, 0) is 166 Å². The number of hydrogen-bond donors (Lipinski definition) is 0. The van der Waals surface area contributed by atoms with Crippen molar-refractivity contribution in [2.75, 3.05) is 26.4 Å². The first-order chi connectivity index (χ1) is 26.1. The van der Waals surface area contributed by atoms with Crippen molar-refractivity contribution in [3.8, 4) is 29.1 Å². The van der Waals surface area contributed by atoms with E-state index in [2.05, 4.69) is 79.9 Å². The molecule has 0 amide bonds. The van der Waals surface area contributed by atoms with Crippen LogP contribution in [0, 0.1) is 17.8 Å². The Balaban J connectivity index is 0.920. The monoisotopic (exact) mass is 714 g/mol. The van der Waals surface area contributed by atoms with Crippen LogP contribution < -0.4 is 14.2 Å². The van der Waals surface area contributed by atoms with E-state index in [4.69, 9.17) is 18.9 Å². The van der Waals surface area contributed by atoms with Crippen LogP contribution in [0.15, 0.2) is 97.6 Å². The van der Waals surface area contributed by atoms with Crippen LogP contribution in [0.25, 0.3) is 10.8 Å². The van der Waals surface area contributed by atoms with Crippen molar-refractivity contribution in [1.29, 1.82) is 0 Å². The van der Waals surface area contributed by atoms with Crippen molar-refractivity contribution >= 4 is 16.7 Å². The molecular weight excluding hydrogens is 657 g/mol. The van der Waals surface area contributed by atoms with E-state index < -0.39 is 0 Å². The first-order valence-corrected chi connectivity index (χ1v) is 20.0. The van der Waals surface area contributed by atoms with Crippen LogP contribution in [0.4, 0.5) is 0 Å². The van der Waals surface area contributed by atoms with E-state index in [0.717, 1.165) is 109 Å². The Morgan fingerprint density at radius 3 is 1.75 bits per heavy atom. The predicted octanol–water partition coefficient (Wildman–Crippen LogP) is 12.0. The van der Waals surface area contributed by atoms with Crippen molar-refractivity contribution < 1.29 is 23.7 Å². The van der Waals surface area contributed by atoms with E-state index in [9.17, 15) is 4.79 Å². The number of esters is 1. The summed E-state index contributed by atoms with van der Waals surface area (Å²) in [5.41, 5.74) is 3.42. The lowest BCUT2D eigenvalue weighted by atomic mass is 9.77. The molecule has 0 saturated heterocycles. The normalized spacial score (nSPS) is 15.3. The van der Waals surface area contributed by atoms with E-state index in [-0.39, 0.29) is 5.97 Å². The molecule has 53 heavy (non-hydrogen) atoms. The number of carbonyl (C=O) groups excluding carboxylic acids is 1. The molecule has 0 spiro atoms. The number of fused-ring (bicyclic) bond motifs is 1. The Morgan fingerprint density at radius 2 is 1.13 bits per heavy atom. The summed E-state index contributed by atoms with van der Waals surface area (Å²) < 4.78 is 23.0. The topological polar surface area (TPSA) is 54.0 Å². The van der Waals surface area contributed by atoms with Gasteiger partial charge in [0.05, 0.1) is 26.4 Å². The molecule has 0 aromatic heterocycles. The molecule has 1 saturated carbocycles. The third kappa shape index (κ3) is 14.0. The fraction of sp³-hybridized carbons (Fsp3) is 0.438. The average molecular weight is 715 g/mol. The van der Waals surface area contributed by atoms with Crippen molar-refractivity contribution in [3.63, 3.8) is 0 Å². The van der Waals surface area contributed by atoms with Gasteiger partial charge in [-0.3, -0.25) is 0 Å². The molecule has 0 heterocycles. The number of benzene rings is 4. The number of carbonyl (C=O) groups is 1. The molecule has 0 aliphatic heterocycles. The van der Waals surface area contributed by atoms with E-state index in [1.165, 1.54) is 50.2 Å². The standard InChI is InChI=1S/C48H58O5/c1-3-13-38-16-21-41(22-17-38)42-24-29-46(30-25-42)51-33-10-6-5-9-32-50-45-27-19-39(20-28-45)14-15-40-18-23-44-37-47(31-26-43(44)36-40)52-34-11-7-8-12-35-53-48(49)4-2/h4,18-20,23-31,36-38,41H,2-3,5-13,16-17,21-22,32-35H2,1H3. The van der Waals surface area contributed by atoms with Gasteiger partial charge in [-0.2, -0.15) is 0 Å². The largest absolute Gasteiger partial charge is 0.494 e. The van der Waals surface area contributed by atoms with Crippen molar-refractivity contribution in [2.45, 2.75) is 103 Å². The smallest absolute Gasteiger partial charge is 0.330 e. The Bertz CT molecular complexity index is 1740. The highest BCUT2D eigenvalue weighted by atomic mass is 16.5. The molecule has 5 nitrogen and oxygen atoms in total. The number of unbranched alkanes of at least 4 members (excludes halogenated alkanes) is 6. The summed E-state index contributed by atoms with van der Waals surface area (Å²) in [6, 6.07) is 29.4. The van der Waals surface area contributed by atoms with E-state index in [1.807, 2.05) is 30.3 Å². The zero-order valence-corrected chi connectivity index (χ0v) is 31.8. The van der Waals surface area contributed by atoms with Gasteiger partial charge >= 0.3 is 5.97 Å². The minimum Gasteiger partial charge on any atom is -0.494 e. The summed E-state index contributed by atoms with van der Waals surface area (Å²) in [5, 5.41) is 2.26. The number of rotatable bonds is 21. The van der Waals surface area contributed by atoms with Gasteiger partial charge in [0.25, 0.3) is 0 Å². The van der Waals surface area contributed by atoms with Gasteiger partial charge in [-0.15, -0.1) is 0 Å². The molecule has 0 N–H and O–H groups in total. The van der Waals surface area contributed by atoms with E-state index >= 15 is 0 Å². The molecule has 0 unspecified atom stereocenters. The molecule has 1 fully saturated rings. The summed E-state index contributed by atoms with van der Waals surface area (Å²) in [7, 11) is 0. The van der Waals surface area contributed by atoms with Crippen LogP contribution in [0.1, 0.15) is 119 Å². The maximum Gasteiger partial charge on any atom is 0.330 e. The van der Waals surface area contributed by atoms with Crippen molar-refractivity contribution in [2.24, 2.45) is 5.92 Å². The summed E-state index contributed by atoms with van der Waals surface area (Å²) in [5.74, 6) is 10.7. The zero-order chi connectivity index (χ0) is 36.9. The average Bonchev–Trinajstić information content (AvgIpc) is 3.20. The second kappa shape index (κ2) is 22.4. The summed E-state index contributed by atoms with van der Waals surface area (Å²) >= 11 is 0. The van der Waals surface area contributed by atoms with Crippen molar-refractivity contribution in [3.05, 3.63) is 114 Å². The lowest BCUT2D eigenvalue weighted by Gasteiger charge is -2.28. The fourth-order valence-electron chi connectivity index (χ4n) is 7.12. The maximum atomic E-state index is 11.1. The Morgan fingerprint density at radius 1 is 0.623 bits per heavy atom. The van der Waals surface area contributed by atoms with Gasteiger partial charge in [-0.1, -0.05) is 62.5 Å². The highest BCUT2D eigenvalue weighted by molar-refractivity contribution is 5.85. The zero-order valence-electron chi connectivity index (χ0n) is 31.8. The van der Waals surface area contributed by atoms with Gasteiger partial charge in [0.1, 0.15) is 17.2 Å². The fourth-order valence-corrected chi connectivity index (χ4v) is 7.12. The molecular formula is C48H58O5. The quantitative estimate of drug-likeness (QED) is 0.0372. The molecule has 0 atom stereocenters. The Labute approximate surface area is 318 Å². The second-order valence-electron chi connectivity index (χ2n) is 14.3. The molecule has 0 bridgehead atoms.